The minimum absolute atomic E-state index is 0.0437. The van der Waals surface area contributed by atoms with Crippen molar-refractivity contribution in [3.63, 3.8) is 0 Å². The van der Waals surface area contributed by atoms with Gasteiger partial charge in [0.05, 0.1) is 29.9 Å². The number of methoxy groups -OCH3 is 1. The fourth-order valence-corrected chi connectivity index (χ4v) is 3.77. The van der Waals surface area contributed by atoms with Crippen LogP contribution in [0.1, 0.15) is 40.2 Å². The van der Waals surface area contributed by atoms with E-state index in [1.165, 1.54) is 19.2 Å². The number of benzene rings is 1. The van der Waals surface area contributed by atoms with E-state index >= 15 is 0 Å². The lowest BCUT2D eigenvalue weighted by atomic mass is 10.0. The van der Waals surface area contributed by atoms with E-state index in [-0.39, 0.29) is 29.8 Å². The van der Waals surface area contributed by atoms with Crippen LogP contribution in [0.5, 0.6) is 5.75 Å². The zero-order valence-corrected chi connectivity index (χ0v) is 17.3. The van der Waals surface area contributed by atoms with Crippen LogP contribution in [0, 0.1) is 11.7 Å². The Bertz CT molecular complexity index is 1000. The summed E-state index contributed by atoms with van der Waals surface area (Å²) >= 11 is 5.61. The lowest BCUT2D eigenvalue weighted by Crippen LogP contribution is -2.49. The van der Waals surface area contributed by atoms with Crippen LogP contribution < -0.4 is 9.64 Å². The third-order valence-electron chi connectivity index (χ3n) is 5.42. The molecule has 0 unspecified atom stereocenters. The highest BCUT2D eigenvalue weighted by Gasteiger charge is 2.36. The minimum Gasteiger partial charge on any atom is -0.493 e. The maximum Gasteiger partial charge on any atom is 0.418 e. The Hall–Kier alpha value is -2.55. The smallest absolute Gasteiger partial charge is 0.418 e. The number of ether oxygens (including phenoxy) is 2. The van der Waals surface area contributed by atoms with Crippen molar-refractivity contribution in [3.05, 3.63) is 51.9 Å². The molecule has 166 valence electrons. The second-order valence-electron chi connectivity index (χ2n) is 7.74. The molecule has 1 aromatic carbocycles. The minimum atomic E-state index is -4.55. The lowest BCUT2D eigenvalue weighted by molar-refractivity contribution is -0.137. The van der Waals surface area contributed by atoms with E-state index < -0.39 is 28.5 Å². The summed E-state index contributed by atoms with van der Waals surface area (Å²) in [6, 6.07) is 3.62. The molecular weight excluding hydrogens is 440 g/mol. The molecule has 1 saturated heterocycles. The summed E-state index contributed by atoms with van der Waals surface area (Å²) in [4.78, 5) is 17.4. The van der Waals surface area contributed by atoms with Crippen molar-refractivity contribution >= 4 is 23.4 Å². The fourth-order valence-electron chi connectivity index (χ4n) is 3.56. The van der Waals surface area contributed by atoms with Crippen LogP contribution in [-0.4, -0.2) is 37.8 Å². The Morgan fingerprint density at radius 3 is 2.58 bits per heavy atom. The van der Waals surface area contributed by atoms with Crippen molar-refractivity contribution in [2.24, 2.45) is 5.92 Å². The molecule has 2 aromatic rings. The second kappa shape index (κ2) is 8.18. The third-order valence-corrected chi connectivity index (χ3v) is 5.73. The monoisotopic (exact) mass is 458 g/mol. The number of carbonyl (C=O) groups is 1. The molecule has 2 fully saturated rings. The van der Waals surface area contributed by atoms with Gasteiger partial charge in [0, 0.05) is 31.3 Å². The van der Waals surface area contributed by atoms with Gasteiger partial charge in [-0.05, 0) is 36.5 Å². The number of rotatable bonds is 6. The highest BCUT2D eigenvalue weighted by molar-refractivity contribution is 6.31. The number of hydrogen-bond donors (Lipinski definition) is 0. The van der Waals surface area contributed by atoms with E-state index in [9.17, 15) is 22.4 Å². The summed E-state index contributed by atoms with van der Waals surface area (Å²) in [6.45, 7) is 1.17. The van der Waals surface area contributed by atoms with Gasteiger partial charge in [0.1, 0.15) is 17.4 Å². The first-order chi connectivity index (χ1) is 14.7. The summed E-state index contributed by atoms with van der Waals surface area (Å²) < 4.78 is 63.9. The maximum absolute atomic E-state index is 14.3. The molecule has 31 heavy (non-hydrogen) atoms. The third kappa shape index (κ3) is 4.56. The second-order valence-corrected chi connectivity index (χ2v) is 8.15. The summed E-state index contributed by atoms with van der Waals surface area (Å²) in [7, 11) is 1.19. The Labute approximate surface area is 180 Å². The zero-order valence-electron chi connectivity index (χ0n) is 16.5. The Balaban J connectivity index is 1.40. The van der Waals surface area contributed by atoms with Crippen LogP contribution in [0.2, 0.25) is 5.02 Å². The number of halogens is 5. The van der Waals surface area contributed by atoms with Crippen LogP contribution in [0.4, 0.5) is 23.4 Å². The molecule has 2 aliphatic rings. The molecule has 0 N–H and O–H groups in total. The molecule has 1 aliphatic carbocycles. The summed E-state index contributed by atoms with van der Waals surface area (Å²) in [5.74, 6) is -0.617. The van der Waals surface area contributed by atoms with Crippen LogP contribution in [0.25, 0.3) is 0 Å². The van der Waals surface area contributed by atoms with Crippen molar-refractivity contribution in [3.8, 4) is 5.75 Å². The molecule has 1 aromatic heterocycles. The van der Waals surface area contributed by atoms with Gasteiger partial charge >= 0.3 is 12.1 Å². The van der Waals surface area contributed by atoms with Gasteiger partial charge in [-0.2, -0.15) is 13.2 Å². The van der Waals surface area contributed by atoms with Crippen LogP contribution in [0.3, 0.4) is 0 Å². The van der Waals surface area contributed by atoms with Crippen molar-refractivity contribution in [1.29, 1.82) is 0 Å². The Kier molecular flexibility index (Phi) is 5.72. The van der Waals surface area contributed by atoms with E-state index in [2.05, 4.69) is 9.72 Å². The molecule has 0 amide bonds. The van der Waals surface area contributed by atoms with E-state index in [4.69, 9.17) is 16.3 Å². The van der Waals surface area contributed by atoms with Gasteiger partial charge in [0.15, 0.2) is 0 Å². The normalized spacial score (nSPS) is 16.8. The molecule has 1 aliphatic heterocycles. The molecule has 0 bridgehead atoms. The first kappa shape index (κ1) is 21.7. The molecule has 10 heteroatoms. The first-order valence-electron chi connectivity index (χ1n) is 9.69. The van der Waals surface area contributed by atoms with Gasteiger partial charge in [0.2, 0.25) is 0 Å². The van der Waals surface area contributed by atoms with Crippen molar-refractivity contribution in [1.82, 2.24) is 4.98 Å². The zero-order chi connectivity index (χ0) is 22.3. The lowest BCUT2D eigenvalue weighted by Gasteiger charge is -2.40. The average Bonchev–Trinajstić information content (AvgIpc) is 3.51. The number of hydrogen-bond acceptors (Lipinski definition) is 5. The van der Waals surface area contributed by atoms with E-state index in [1.807, 2.05) is 0 Å². The summed E-state index contributed by atoms with van der Waals surface area (Å²) in [5.41, 5.74) is -0.276. The van der Waals surface area contributed by atoms with Crippen molar-refractivity contribution in [2.75, 3.05) is 31.7 Å². The molecular formula is C21H19ClF4N2O3. The number of nitrogens with zero attached hydrogens (tertiary/aromatic N) is 2. The quantitative estimate of drug-likeness (QED) is 0.447. The Morgan fingerprint density at radius 2 is 1.97 bits per heavy atom. The number of carbonyl (C=O) groups excluding carboxylic acids is 1. The number of esters is 1. The van der Waals surface area contributed by atoms with Crippen molar-refractivity contribution in [2.45, 2.75) is 24.9 Å². The molecule has 4 rings (SSSR count). The molecule has 1 saturated carbocycles. The SMILES string of the molecule is COC(=O)c1cc(C2CC2)c(OCC2CN(c3cc(C(F)(F)F)c(Cl)cn3)C2)cc1F. The van der Waals surface area contributed by atoms with Gasteiger partial charge in [-0.3, -0.25) is 0 Å². The van der Waals surface area contributed by atoms with E-state index in [1.54, 1.807) is 4.90 Å². The van der Waals surface area contributed by atoms with Gasteiger partial charge in [-0.15, -0.1) is 0 Å². The van der Waals surface area contributed by atoms with Crippen molar-refractivity contribution < 1.29 is 31.8 Å². The number of aromatic nitrogens is 1. The highest BCUT2D eigenvalue weighted by atomic mass is 35.5. The fraction of sp³-hybridized carbons (Fsp3) is 0.429. The predicted octanol–water partition coefficient (Wildman–Crippen LogP) is 5.07. The molecule has 2 heterocycles. The maximum atomic E-state index is 14.3. The van der Waals surface area contributed by atoms with Gasteiger partial charge in [-0.1, -0.05) is 11.6 Å². The van der Waals surface area contributed by atoms with Crippen LogP contribution in [-0.2, 0) is 10.9 Å². The topological polar surface area (TPSA) is 51.7 Å². The number of anilines is 1. The first-order valence-corrected chi connectivity index (χ1v) is 10.1. The Morgan fingerprint density at radius 1 is 1.26 bits per heavy atom. The van der Waals surface area contributed by atoms with E-state index in [0.717, 1.165) is 30.7 Å². The number of pyridine rings is 1. The summed E-state index contributed by atoms with van der Waals surface area (Å²) in [5, 5.41) is -0.443. The summed E-state index contributed by atoms with van der Waals surface area (Å²) in [6.07, 6.45) is -1.69. The highest BCUT2D eigenvalue weighted by Crippen LogP contribution is 2.45. The standard InChI is InChI=1S/C21H19ClF4N2O3/c1-30-20(29)14-4-13(12-2-3-12)18(6-17(14)23)31-10-11-8-28(9-11)19-5-15(21(24,25)26)16(22)7-27-19/h4-7,11-12H,2-3,8-10H2,1H3. The van der Waals surface area contributed by atoms with Gasteiger partial charge < -0.3 is 14.4 Å². The molecule has 0 spiro atoms. The average molecular weight is 459 g/mol. The van der Waals surface area contributed by atoms with Gasteiger partial charge in [0.25, 0.3) is 0 Å². The van der Waals surface area contributed by atoms with Gasteiger partial charge in [-0.25, -0.2) is 14.2 Å². The predicted molar refractivity (Wildman–Crippen MR) is 105 cm³/mol. The molecule has 5 nitrogen and oxygen atoms in total. The van der Waals surface area contributed by atoms with Crippen LogP contribution in [0.15, 0.2) is 24.4 Å². The van der Waals surface area contributed by atoms with Crippen LogP contribution >= 0.6 is 11.6 Å². The van der Waals surface area contributed by atoms with E-state index in [0.29, 0.717) is 18.8 Å². The largest absolute Gasteiger partial charge is 0.493 e. The molecule has 0 atom stereocenters. The number of alkyl halides is 3. The molecule has 0 radical (unpaired) electrons.